The summed E-state index contributed by atoms with van der Waals surface area (Å²) in [5.41, 5.74) is 1.89. The summed E-state index contributed by atoms with van der Waals surface area (Å²) in [6, 6.07) is 7.66. The number of hydrogen-bond donors (Lipinski definition) is 1. The number of carbonyl (C=O) groups is 2. The van der Waals surface area contributed by atoms with Gasteiger partial charge in [0.2, 0.25) is 5.78 Å². The first kappa shape index (κ1) is 20.9. The van der Waals surface area contributed by atoms with Gasteiger partial charge < -0.3 is 10.0 Å². The molecule has 127 valence electrons. The third-order valence-corrected chi connectivity index (χ3v) is 3.47. The van der Waals surface area contributed by atoms with E-state index in [2.05, 4.69) is 18.7 Å². The van der Waals surface area contributed by atoms with Gasteiger partial charge >= 0.3 is 5.97 Å². The van der Waals surface area contributed by atoms with Crippen LogP contribution in [0.4, 0.5) is 5.69 Å². The summed E-state index contributed by atoms with van der Waals surface area (Å²) in [4.78, 5) is 24.1. The molecule has 1 aromatic carbocycles. The largest absolute Gasteiger partial charge is 0.475 e. The molecule has 0 aliphatic rings. The maximum absolute atomic E-state index is 11.2. The van der Waals surface area contributed by atoms with E-state index in [0.29, 0.717) is 0 Å². The SMILES string of the molecule is CCCCN(CCCC)c1ccc(CC(=O)C(=O)O)cc1.[Ag]. The number of carboxylic acid groups (broad SMARTS) is 1. The Bertz CT molecular complexity index is 451. The van der Waals surface area contributed by atoms with Crippen LogP contribution in [0.2, 0.25) is 0 Å². The van der Waals surface area contributed by atoms with Crippen LogP contribution in [0.3, 0.4) is 0 Å². The van der Waals surface area contributed by atoms with Crippen LogP contribution in [0.25, 0.3) is 0 Å². The van der Waals surface area contributed by atoms with Crippen molar-refractivity contribution in [3.05, 3.63) is 29.8 Å². The topological polar surface area (TPSA) is 57.6 Å². The molecular weight excluding hydrogens is 374 g/mol. The molecule has 1 N–H and O–H groups in total. The number of benzene rings is 1. The number of aliphatic carboxylic acids is 1. The van der Waals surface area contributed by atoms with E-state index in [1.165, 1.54) is 0 Å². The van der Waals surface area contributed by atoms with Crippen molar-refractivity contribution in [2.75, 3.05) is 18.0 Å². The van der Waals surface area contributed by atoms with Gasteiger partial charge in [0.1, 0.15) is 0 Å². The molecule has 4 nitrogen and oxygen atoms in total. The molecule has 0 saturated carbocycles. The standard InChI is InChI=1S/C17H25NO3.Ag/c1-3-5-11-18(12-6-4-2)15-9-7-14(8-10-15)13-16(19)17(20)21;/h7-10H,3-6,11-13H2,1-2H3,(H,20,21);. The van der Waals surface area contributed by atoms with Gasteiger partial charge in [0.25, 0.3) is 0 Å². The Morgan fingerprint density at radius 1 is 1.00 bits per heavy atom. The summed E-state index contributed by atoms with van der Waals surface area (Å²) in [6.45, 7) is 6.42. The van der Waals surface area contributed by atoms with E-state index in [1.807, 2.05) is 24.3 Å². The predicted molar refractivity (Wildman–Crippen MR) is 84.8 cm³/mol. The van der Waals surface area contributed by atoms with Crippen LogP contribution in [-0.2, 0) is 38.4 Å². The number of carboxylic acids is 1. The van der Waals surface area contributed by atoms with Crippen LogP contribution < -0.4 is 4.90 Å². The Balaban J connectivity index is 0.00000441. The van der Waals surface area contributed by atoms with Crippen LogP contribution in [0.15, 0.2) is 24.3 Å². The molecule has 0 unspecified atom stereocenters. The van der Waals surface area contributed by atoms with Gasteiger partial charge in [-0.15, -0.1) is 0 Å². The van der Waals surface area contributed by atoms with Gasteiger partial charge in [-0.3, -0.25) is 4.79 Å². The number of hydrogen-bond acceptors (Lipinski definition) is 3. The van der Waals surface area contributed by atoms with Crippen molar-refractivity contribution in [2.45, 2.75) is 46.0 Å². The fourth-order valence-electron chi connectivity index (χ4n) is 2.15. The smallest absolute Gasteiger partial charge is 0.372 e. The Kier molecular flexibility index (Phi) is 10.9. The number of Topliss-reactive ketones (excluding diaryl/α,β-unsaturated/α-hetero) is 1. The van der Waals surface area contributed by atoms with E-state index in [-0.39, 0.29) is 28.8 Å². The van der Waals surface area contributed by atoms with E-state index in [9.17, 15) is 9.59 Å². The van der Waals surface area contributed by atoms with Gasteiger partial charge in [-0.2, -0.15) is 0 Å². The van der Waals surface area contributed by atoms with Gasteiger partial charge in [0, 0.05) is 47.6 Å². The molecular formula is C17H25AgNO3. The Morgan fingerprint density at radius 3 is 1.91 bits per heavy atom. The van der Waals surface area contributed by atoms with Crippen LogP contribution in [-0.4, -0.2) is 29.9 Å². The maximum Gasteiger partial charge on any atom is 0.372 e. The maximum atomic E-state index is 11.2. The van der Waals surface area contributed by atoms with Crippen LogP contribution >= 0.6 is 0 Å². The summed E-state index contributed by atoms with van der Waals surface area (Å²) in [6.07, 6.45) is 4.59. The van der Waals surface area contributed by atoms with E-state index in [1.54, 1.807) is 0 Å². The van der Waals surface area contributed by atoms with Gasteiger partial charge in [-0.1, -0.05) is 38.8 Å². The zero-order valence-corrected chi connectivity index (χ0v) is 14.8. The van der Waals surface area contributed by atoms with Crippen molar-refractivity contribution in [3.8, 4) is 0 Å². The Morgan fingerprint density at radius 2 is 1.50 bits per heavy atom. The zero-order valence-electron chi connectivity index (χ0n) is 13.3. The molecule has 0 saturated heterocycles. The quantitative estimate of drug-likeness (QED) is 0.485. The molecule has 0 fully saturated rings. The Labute approximate surface area is 148 Å². The fraction of sp³-hybridized carbons (Fsp3) is 0.529. The summed E-state index contributed by atoms with van der Waals surface area (Å²) in [7, 11) is 0. The number of anilines is 1. The second kappa shape index (κ2) is 11.5. The molecule has 0 aliphatic heterocycles. The monoisotopic (exact) mass is 398 g/mol. The molecule has 22 heavy (non-hydrogen) atoms. The first-order valence-corrected chi connectivity index (χ1v) is 7.68. The van der Waals surface area contributed by atoms with E-state index in [0.717, 1.165) is 50.0 Å². The first-order valence-electron chi connectivity index (χ1n) is 7.68. The van der Waals surface area contributed by atoms with Crippen molar-refractivity contribution >= 4 is 17.4 Å². The zero-order chi connectivity index (χ0) is 15.7. The second-order valence-corrected chi connectivity index (χ2v) is 5.27. The minimum absolute atomic E-state index is 0. The third kappa shape index (κ3) is 7.25. The van der Waals surface area contributed by atoms with Crippen LogP contribution in [0.5, 0.6) is 0 Å². The van der Waals surface area contributed by atoms with E-state index >= 15 is 0 Å². The van der Waals surface area contributed by atoms with Gasteiger partial charge in [-0.25, -0.2) is 4.79 Å². The second-order valence-electron chi connectivity index (χ2n) is 5.27. The van der Waals surface area contributed by atoms with Crippen molar-refractivity contribution in [1.82, 2.24) is 0 Å². The van der Waals surface area contributed by atoms with Crippen molar-refractivity contribution in [2.24, 2.45) is 0 Å². The van der Waals surface area contributed by atoms with Gasteiger partial charge in [0.05, 0.1) is 0 Å². The van der Waals surface area contributed by atoms with Gasteiger partial charge in [-0.05, 0) is 30.5 Å². The number of nitrogens with zero attached hydrogens (tertiary/aromatic N) is 1. The predicted octanol–water partition coefficient (Wildman–Crippen LogP) is 3.29. The average molecular weight is 399 g/mol. The first-order chi connectivity index (χ1) is 10.1. The fourth-order valence-corrected chi connectivity index (χ4v) is 2.15. The van der Waals surface area contributed by atoms with Crippen molar-refractivity contribution < 1.29 is 37.1 Å². The van der Waals surface area contributed by atoms with Gasteiger partial charge in [0.15, 0.2) is 0 Å². The van der Waals surface area contributed by atoms with Crippen molar-refractivity contribution in [1.29, 1.82) is 0 Å². The number of unbranched alkanes of at least 4 members (excludes halogenated alkanes) is 2. The van der Waals surface area contributed by atoms with E-state index in [4.69, 9.17) is 5.11 Å². The van der Waals surface area contributed by atoms with Crippen LogP contribution in [0.1, 0.15) is 45.1 Å². The molecule has 0 aliphatic carbocycles. The van der Waals surface area contributed by atoms with Crippen LogP contribution in [0, 0.1) is 0 Å². The van der Waals surface area contributed by atoms with Crippen molar-refractivity contribution in [3.63, 3.8) is 0 Å². The summed E-state index contributed by atoms with van der Waals surface area (Å²) in [5.74, 6) is -2.14. The molecule has 0 amide bonds. The normalized spacial score (nSPS) is 9.91. The summed E-state index contributed by atoms with van der Waals surface area (Å²) < 4.78 is 0. The minimum Gasteiger partial charge on any atom is -0.475 e. The molecule has 0 heterocycles. The third-order valence-electron chi connectivity index (χ3n) is 3.47. The number of rotatable bonds is 10. The number of carbonyl (C=O) groups excluding carboxylic acids is 1. The molecule has 1 rings (SSSR count). The molecule has 1 aromatic rings. The number of ketones is 1. The average Bonchev–Trinajstić information content (AvgIpc) is 2.48. The summed E-state index contributed by atoms with van der Waals surface area (Å²) in [5, 5.41) is 8.62. The van der Waals surface area contributed by atoms with E-state index < -0.39 is 11.8 Å². The molecule has 1 radical (unpaired) electrons. The Hall–Kier alpha value is -1.10. The molecule has 5 heteroatoms. The summed E-state index contributed by atoms with van der Waals surface area (Å²) >= 11 is 0. The minimum atomic E-state index is -1.37. The molecule has 0 spiro atoms. The molecule has 0 aromatic heterocycles. The molecule has 0 bridgehead atoms. The molecule has 0 atom stereocenters.